The Morgan fingerprint density at radius 1 is 1.33 bits per heavy atom. The number of sulfonamides is 1. The van der Waals surface area contributed by atoms with Gasteiger partial charge in [-0.15, -0.1) is 0 Å². The van der Waals surface area contributed by atoms with Gasteiger partial charge in [-0.25, -0.2) is 13.1 Å². The molecule has 0 atom stereocenters. The summed E-state index contributed by atoms with van der Waals surface area (Å²) in [6.07, 6.45) is 1.05. The fourth-order valence-corrected chi connectivity index (χ4v) is 3.29. The monoisotopic (exact) mass is 334 g/mol. The fraction of sp³-hybridized carbons (Fsp3) is 0.500. The molecule has 0 bridgehead atoms. The normalized spacial score (nSPS) is 11.8. The molecule has 102 valence electrons. The SMILES string of the molecule is CCCNCc1cc(Br)c(C)c(S(=O)(=O)NC)c1. The highest BCUT2D eigenvalue weighted by Gasteiger charge is 2.17. The van der Waals surface area contributed by atoms with E-state index in [0.29, 0.717) is 11.4 Å². The van der Waals surface area contributed by atoms with Gasteiger partial charge in [0.25, 0.3) is 0 Å². The van der Waals surface area contributed by atoms with E-state index in [2.05, 4.69) is 32.9 Å². The Kier molecular flexibility index (Phi) is 5.78. The van der Waals surface area contributed by atoms with Crippen molar-refractivity contribution in [2.75, 3.05) is 13.6 Å². The zero-order chi connectivity index (χ0) is 13.8. The molecule has 6 heteroatoms. The van der Waals surface area contributed by atoms with E-state index in [9.17, 15) is 8.42 Å². The minimum Gasteiger partial charge on any atom is -0.313 e. The fourth-order valence-electron chi connectivity index (χ4n) is 1.61. The summed E-state index contributed by atoms with van der Waals surface area (Å²) in [6, 6.07) is 3.67. The van der Waals surface area contributed by atoms with Gasteiger partial charge in [-0.05, 0) is 50.2 Å². The number of halogens is 1. The van der Waals surface area contributed by atoms with Crippen LogP contribution in [0.4, 0.5) is 0 Å². The molecule has 0 unspecified atom stereocenters. The molecule has 0 heterocycles. The first-order valence-electron chi connectivity index (χ1n) is 5.85. The van der Waals surface area contributed by atoms with Crippen LogP contribution in [-0.4, -0.2) is 22.0 Å². The van der Waals surface area contributed by atoms with Crippen molar-refractivity contribution in [2.24, 2.45) is 0 Å². The van der Waals surface area contributed by atoms with E-state index in [0.717, 1.165) is 28.6 Å². The van der Waals surface area contributed by atoms with Crippen molar-refractivity contribution in [3.63, 3.8) is 0 Å². The van der Waals surface area contributed by atoms with Crippen LogP contribution in [-0.2, 0) is 16.6 Å². The van der Waals surface area contributed by atoms with Gasteiger partial charge in [0.1, 0.15) is 0 Å². The van der Waals surface area contributed by atoms with Crippen molar-refractivity contribution in [2.45, 2.75) is 31.7 Å². The summed E-state index contributed by atoms with van der Waals surface area (Å²) in [5, 5.41) is 3.26. The van der Waals surface area contributed by atoms with Crippen molar-refractivity contribution in [1.82, 2.24) is 10.0 Å². The lowest BCUT2D eigenvalue weighted by Gasteiger charge is -2.12. The average molecular weight is 335 g/mol. The van der Waals surface area contributed by atoms with E-state index in [1.54, 1.807) is 13.0 Å². The van der Waals surface area contributed by atoms with Crippen LogP contribution in [0.2, 0.25) is 0 Å². The van der Waals surface area contributed by atoms with Crippen LogP contribution < -0.4 is 10.0 Å². The molecule has 2 N–H and O–H groups in total. The Bertz CT molecular complexity index is 515. The molecule has 0 saturated heterocycles. The summed E-state index contributed by atoms with van der Waals surface area (Å²) in [7, 11) is -1.99. The highest BCUT2D eigenvalue weighted by atomic mass is 79.9. The van der Waals surface area contributed by atoms with Crippen molar-refractivity contribution in [1.29, 1.82) is 0 Å². The van der Waals surface area contributed by atoms with Crippen molar-refractivity contribution >= 4 is 26.0 Å². The Labute approximate surface area is 117 Å². The topological polar surface area (TPSA) is 58.2 Å². The first kappa shape index (κ1) is 15.6. The lowest BCUT2D eigenvalue weighted by molar-refractivity contribution is 0.587. The molecule has 0 amide bonds. The third kappa shape index (κ3) is 3.78. The quantitative estimate of drug-likeness (QED) is 0.784. The van der Waals surface area contributed by atoms with E-state index >= 15 is 0 Å². The molecule has 0 fully saturated rings. The van der Waals surface area contributed by atoms with Gasteiger partial charge in [0.05, 0.1) is 4.90 Å². The minimum absolute atomic E-state index is 0.327. The average Bonchev–Trinajstić information content (AvgIpc) is 2.33. The molecule has 0 aliphatic carbocycles. The van der Waals surface area contributed by atoms with Crippen molar-refractivity contribution < 1.29 is 8.42 Å². The Morgan fingerprint density at radius 3 is 2.56 bits per heavy atom. The Morgan fingerprint density at radius 2 is 2.00 bits per heavy atom. The number of hydrogen-bond donors (Lipinski definition) is 2. The van der Waals surface area contributed by atoms with Crippen LogP contribution in [0.25, 0.3) is 0 Å². The second-order valence-corrected chi connectivity index (χ2v) is 6.79. The lowest BCUT2D eigenvalue weighted by Crippen LogP contribution is -2.21. The first-order chi connectivity index (χ1) is 8.42. The molecule has 0 spiro atoms. The summed E-state index contributed by atoms with van der Waals surface area (Å²) in [4.78, 5) is 0.327. The van der Waals surface area contributed by atoms with E-state index in [4.69, 9.17) is 0 Å². The Hall–Kier alpha value is -0.430. The molecule has 1 rings (SSSR count). The number of benzene rings is 1. The molecule has 4 nitrogen and oxygen atoms in total. The zero-order valence-corrected chi connectivity index (χ0v) is 13.3. The molecular weight excluding hydrogens is 316 g/mol. The zero-order valence-electron chi connectivity index (χ0n) is 10.9. The van der Waals surface area contributed by atoms with Gasteiger partial charge in [-0.2, -0.15) is 0 Å². The lowest BCUT2D eigenvalue weighted by atomic mass is 10.1. The van der Waals surface area contributed by atoms with E-state index in [-0.39, 0.29) is 0 Å². The largest absolute Gasteiger partial charge is 0.313 e. The third-order valence-corrected chi connectivity index (χ3v) is 5.03. The van der Waals surface area contributed by atoms with Gasteiger partial charge in [0, 0.05) is 11.0 Å². The summed E-state index contributed by atoms with van der Waals surface area (Å²) < 4.78 is 27.0. The second-order valence-electron chi connectivity index (χ2n) is 4.09. The van der Waals surface area contributed by atoms with Crippen LogP contribution >= 0.6 is 15.9 Å². The maximum Gasteiger partial charge on any atom is 0.240 e. The van der Waals surface area contributed by atoms with Gasteiger partial charge in [-0.1, -0.05) is 22.9 Å². The molecule has 18 heavy (non-hydrogen) atoms. The van der Waals surface area contributed by atoms with Gasteiger partial charge in [0.2, 0.25) is 10.0 Å². The van der Waals surface area contributed by atoms with Gasteiger partial charge >= 0.3 is 0 Å². The predicted octanol–water partition coefficient (Wildman–Crippen LogP) is 2.17. The van der Waals surface area contributed by atoms with Gasteiger partial charge in [-0.3, -0.25) is 0 Å². The van der Waals surface area contributed by atoms with E-state index in [1.165, 1.54) is 7.05 Å². The summed E-state index contributed by atoms with van der Waals surface area (Å²) >= 11 is 3.41. The summed E-state index contributed by atoms with van der Waals surface area (Å²) in [6.45, 7) is 5.46. The van der Waals surface area contributed by atoms with Crippen LogP contribution in [0, 0.1) is 6.92 Å². The number of hydrogen-bond acceptors (Lipinski definition) is 3. The molecule has 0 aliphatic rings. The molecule has 0 aromatic heterocycles. The molecule has 0 radical (unpaired) electrons. The summed E-state index contributed by atoms with van der Waals surface area (Å²) in [5.74, 6) is 0. The third-order valence-electron chi connectivity index (χ3n) is 2.67. The number of rotatable bonds is 6. The standard InChI is InChI=1S/C12H19BrN2O2S/c1-4-5-15-8-10-6-11(13)9(2)12(7-10)18(16,17)14-3/h6-7,14-15H,4-5,8H2,1-3H3. The van der Waals surface area contributed by atoms with Crippen LogP contribution in [0.5, 0.6) is 0 Å². The number of nitrogens with one attached hydrogen (secondary N) is 2. The van der Waals surface area contributed by atoms with Crippen LogP contribution in [0.3, 0.4) is 0 Å². The molecule has 1 aromatic rings. The van der Waals surface area contributed by atoms with Gasteiger partial charge in [0.15, 0.2) is 0 Å². The van der Waals surface area contributed by atoms with Crippen molar-refractivity contribution in [3.8, 4) is 0 Å². The highest BCUT2D eigenvalue weighted by molar-refractivity contribution is 9.10. The second kappa shape index (κ2) is 6.65. The Balaban J connectivity index is 3.11. The van der Waals surface area contributed by atoms with Crippen LogP contribution in [0.15, 0.2) is 21.5 Å². The van der Waals surface area contributed by atoms with Crippen molar-refractivity contribution in [3.05, 3.63) is 27.7 Å². The smallest absolute Gasteiger partial charge is 0.240 e. The summed E-state index contributed by atoms with van der Waals surface area (Å²) in [5.41, 5.74) is 1.68. The van der Waals surface area contributed by atoms with Crippen LogP contribution in [0.1, 0.15) is 24.5 Å². The first-order valence-corrected chi connectivity index (χ1v) is 8.13. The predicted molar refractivity (Wildman–Crippen MR) is 77.1 cm³/mol. The maximum absolute atomic E-state index is 11.9. The molecule has 0 aliphatic heterocycles. The minimum atomic E-state index is -3.41. The highest BCUT2D eigenvalue weighted by Crippen LogP contribution is 2.25. The maximum atomic E-state index is 11.9. The molecular formula is C12H19BrN2O2S. The van der Waals surface area contributed by atoms with E-state index in [1.807, 2.05) is 6.07 Å². The molecule has 0 saturated carbocycles. The van der Waals surface area contributed by atoms with Gasteiger partial charge < -0.3 is 5.32 Å². The molecule has 1 aromatic carbocycles. The van der Waals surface area contributed by atoms with E-state index < -0.39 is 10.0 Å².